The molecule has 0 bridgehead atoms. The van der Waals surface area contributed by atoms with Crippen LogP contribution in [0.2, 0.25) is 0 Å². The fraction of sp³-hybridized carbons (Fsp3) is 0.615. The maximum absolute atomic E-state index is 5.89. The molecule has 0 aromatic carbocycles. The highest BCUT2D eigenvalue weighted by atomic mass is 16.5. The second-order valence-corrected chi connectivity index (χ2v) is 4.65. The van der Waals surface area contributed by atoms with Crippen molar-refractivity contribution in [2.45, 2.75) is 52.2 Å². The summed E-state index contributed by atoms with van der Waals surface area (Å²) in [5, 5.41) is 0. The van der Waals surface area contributed by atoms with E-state index >= 15 is 0 Å². The average Bonchev–Trinajstić information content (AvgIpc) is 2.28. The lowest BCUT2D eigenvalue weighted by atomic mass is 10.1. The highest BCUT2D eigenvalue weighted by Gasteiger charge is 2.17. The van der Waals surface area contributed by atoms with E-state index in [4.69, 9.17) is 10.5 Å². The summed E-state index contributed by atoms with van der Waals surface area (Å²) in [5.74, 6) is 0.805. The summed E-state index contributed by atoms with van der Waals surface area (Å²) in [6.07, 6.45) is 3.61. The second-order valence-electron chi connectivity index (χ2n) is 4.65. The zero-order valence-electron chi connectivity index (χ0n) is 10.7. The fourth-order valence-corrected chi connectivity index (χ4v) is 1.27. The molecule has 0 fully saturated rings. The lowest BCUT2D eigenvalue weighted by Crippen LogP contribution is -2.26. The van der Waals surface area contributed by atoms with Crippen molar-refractivity contribution >= 4 is 0 Å². The first-order valence-electron chi connectivity index (χ1n) is 5.89. The van der Waals surface area contributed by atoms with Crippen molar-refractivity contribution in [3.63, 3.8) is 0 Å². The average molecular weight is 222 g/mol. The first-order valence-corrected chi connectivity index (χ1v) is 5.89. The van der Waals surface area contributed by atoms with E-state index in [1.165, 1.54) is 0 Å². The van der Waals surface area contributed by atoms with Gasteiger partial charge >= 0.3 is 0 Å². The van der Waals surface area contributed by atoms with Gasteiger partial charge < -0.3 is 10.5 Å². The fourth-order valence-electron chi connectivity index (χ4n) is 1.27. The molecule has 3 heteroatoms. The number of ether oxygens (including phenoxy) is 1. The lowest BCUT2D eigenvalue weighted by molar-refractivity contribution is 0.105. The third-order valence-electron chi connectivity index (χ3n) is 2.82. The molecule has 0 unspecified atom stereocenters. The van der Waals surface area contributed by atoms with E-state index in [9.17, 15) is 0 Å². The third-order valence-corrected chi connectivity index (χ3v) is 2.82. The largest absolute Gasteiger partial charge is 0.486 e. The molecule has 3 nitrogen and oxygen atoms in total. The highest BCUT2D eigenvalue weighted by molar-refractivity contribution is 5.22. The quantitative estimate of drug-likeness (QED) is 0.833. The van der Waals surface area contributed by atoms with Crippen LogP contribution in [-0.2, 0) is 0 Å². The van der Waals surface area contributed by atoms with Crippen LogP contribution in [0, 0.1) is 0 Å². The molecule has 0 amide bonds. The molecule has 0 saturated heterocycles. The normalized spacial score (nSPS) is 13.6. The van der Waals surface area contributed by atoms with E-state index in [1.54, 1.807) is 6.20 Å². The molecule has 0 saturated carbocycles. The van der Waals surface area contributed by atoms with Gasteiger partial charge in [0.1, 0.15) is 11.4 Å². The summed E-state index contributed by atoms with van der Waals surface area (Å²) in [6.45, 7) is 8.29. The maximum atomic E-state index is 5.89. The molecular weight excluding hydrogens is 200 g/mol. The molecule has 1 aromatic rings. The van der Waals surface area contributed by atoms with Crippen molar-refractivity contribution in [2.75, 3.05) is 0 Å². The molecule has 16 heavy (non-hydrogen) atoms. The number of aromatic nitrogens is 1. The number of pyridine rings is 1. The van der Waals surface area contributed by atoms with Gasteiger partial charge in [-0.2, -0.15) is 0 Å². The Morgan fingerprint density at radius 2 is 2.06 bits per heavy atom. The summed E-state index contributed by atoms with van der Waals surface area (Å²) in [4.78, 5) is 4.32. The van der Waals surface area contributed by atoms with Crippen LogP contribution >= 0.6 is 0 Å². The van der Waals surface area contributed by atoms with E-state index in [1.807, 2.05) is 12.1 Å². The van der Waals surface area contributed by atoms with Gasteiger partial charge in [0.25, 0.3) is 0 Å². The van der Waals surface area contributed by atoms with Gasteiger partial charge in [-0.05, 0) is 38.8 Å². The van der Waals surface area contributed by atoms with Crippen LogP contribution in [-0.4, -0.2) is 10.6 Å². The van der Waals surface area contributed by atoms with Crippen molar-refractivity contribution in [1.82, 2.24) is 4.98 Å². The van der Waals surface area contributed by atoms with Crippen LogP contribution in [0.15, 0.2) is 18.3 Å². The van der Waals surface area contributed by atoms with E-state index in [2.05, 4.69) is 32.7 Å². The Bertz CT molecular complexity index is 319. The molecule has 2 N–H and O–H groups in total. The van der Waals surface area contributed by atoms with E-state index in [0.717, 1.165) is 24.3 Å². The molecular formula is C13H22N2O. The van der Waals surface area contributed by atoms with Crippen molar-refractivity contribution in [3.05, 3.63) is 24.0 Å². The van der Waals surface area contributed by atoms with Crippen molar-refractivity contribution in [2.24, 2.45) is 5.73 Å². The number of nitrogens with two attached hydrogens (primary N) is 1. The molecule has 0 aliphatic rings. The van der Waals surface area contributed by atoms with Gasteiger partial charge in [-0.3, -0.25) is 4.98 Å². The predicted octanol–water partition coefficient (Wildman–Crippen LogP) is 3.06. The minimum absolute atomic E-state index is 0.0215. The maximum Gasteiger partial charge on any atom is 0.138 e. The molecule has 1 rings (SSSR count). The molecule has 0 spiro atoms. The first kappa shape index (κ1) is 13.0. The molecule has 90 valence electrons. The standard InChI is InChI=1S/C13H22N2O/c1-5-11(14)12-8-7-10(9-15-12)16-13(3,4)6-2/h7-9,11H,5-6,14H2,1-4H3/t11-/m0/s1. The second kappa shape index (κ2) is 5.30. The zero-order valence-corrected chi connectivity index (χ0v) is 10.7. The molecule has 0 radical (unpaired) electrons. The van der Waals surface area contributed by atoms with Crippen LogP contribution in [0.1, 0.15) is 52.3 Å². The van der Waals surface area contributed by atoms with E-state index in [-0.39, 0.29) is 11.6 Å². The Labute approximate surface area is 98.0 Å². The molecule has 0 aliphatic heterocycles. The van der Waals surface area contributed by atoms with Crippen LogP contribution in [0.5, 0.6) is 5.75 Å². The van der Waals surface area contributed by atoms with Gasteiger partial charge in [0, 0.05) is 6.04 Å². The Morgan fingerprint density at radius 1 is 1.38 bits per heavy atom. The summed E-state index contributed by atoms with van der Waals surface area (Å²) in [6, 6.07) is 3.90. The monoisotopic (exact) mass is 222 g/mol. The molecule has 1 atom stereocenters. The van der Waals surface area contributed by atoms with Crippen LogP contribution in [0.25, 0.3) is 0 Å². The minimum Gasteiger partial charge on any atom is -0.486 e. The third kappa shape index (κ3) is 3.49. The molecule has 0 aliphatic carbocycles. The Balaban J connectivity index is 2.72. The van der Waals surface area contributed by atoms with Crippen molar-refractivity contribution in [3.8, 4) is 5.75 Å². The first-order chi connectivity index (χ1) is 7.48. The van der Waals surface area contributed by atoms with Gasteiger partial charge in [0.2, 0.25) is 0 Å². The number of hydrogen-bond donors (Lipinski definition) is 1. The van der Waals surface area contributed by atoms with Crippen LogP contribution in [0.4, 0.5) is 0 Å². The lowest BCUT2D eigenvalue weighted by Gasteiger charge is -2.24. The van der Waals surface area contributed by atoms with Gasteiger partial charge in [0.05, 0.1) is 11.9 Å². The smallest absolute Gasteiger partial charge is 0.138 e. The number of nitrogens with zero attached hydrogens (tertiary/aromatic N) is 1. The number of hydrogen-bond acceptors (Lipinski definition) is 3. The Hall–Kier alpha value is -1.09. The number of rotatable bonds is 5. The topological polar surface area (TPSA) is 48.1 Å². The summed E-state index contributed by atoms with van der Waals surface area (Å²) in [7, 11) is 0. The predicted molar refractivity (Wildman–Crippen MR) is 66.5 cm³/mol. The van der Waals surface area contributed by atoms with Gasteiger partial charge in [-0.25, -0.2) is 0 Å². The van der Waals surface area contributed by atoms with Gasteiger partial charge in [-0.15, -0.1) is 0 Å². The van der Waals surface area contributed by atoms with Gasteiger partial charge in [-0.1, -0.05) is 13.8 Å². The summed E-state index contributed by atoms with van der Waals surface area (Å²) < 4.78 is 5.82. The van der Waals surface area contributed by atoms with Crippen LogP contribution < -0.4 is 10.5 Å². The highest BCUT2D eigenvalue weighted by Crippen LogP contribution is 2.21. The van der Waals surface area contributed by atoms with Crippen molar-refractivity contribution in [1.29, 1.82) is 0 Å². The minimum atomic E-state index is -0.143. The summed E-state index contributed by atoms with van der Waals surface area (Å²) in [5.41, 5.74) is 6.67. The van der Waals surface area contributed by atoms with E-state index in [0.29, 0.717) is 0 Å². The Kier molecular flexibility index (Phi) is 4.30. The molecule has 1 aromatic heterocycles. The molecule has 1 heterocycles. The van der Waals surface area contributed by atoms with Crippen molar-refractivity contribution < 1.29 is 4.74 Å². The Morgan fingerprint density at radius 3 is 2.50 bits per heavy atom. The van der Waals surface area contributed by atoms with E-state index < -0.39 is 0 Å². The summed E-state index contributed by atoms with van der Waals surface area (Å²) >= 11 is 0. The van der Waals surface area contributed by atoms with Crippen LogP contribution in [0.3, 0.4) is 0 Å². The van der Waals surface area contributed by atoms with Gasteiger partial charge in [0.15, 0.2) is 0 Å². The SMILES string of the molecule is CC[C@H](N)c1ccc(OC(C)(C)CC)cn1. The zero-order chi connectivity index (χ0) is 12.2.